The fourth-order valence-corrected chi connectivity index (χ4v) is 6.88. The number of rotatable bonds is 44. The molecule has 0 aromatic rings. The van der Waals surface area contributed by atoms with E-state index in [2.05, 4.69) is 116 Å². The molecule has 0 saturated heterocycles. The lowest BCUT2D eigenvalue weighted by atomic mass is 10.1. The predicted octanol–water partition coefficient (Wildman–Crippen LogP) is 13.2. The molecule has 0 saturated carbocycles. The zero-order chi connectivity index (χ0) is 47.0. The number of allylic oxidation sites excluding steroid dienone is 16. The van der Waals surface area contributed by atoms with Crippen molar-refractivity contribution in [2.45, 2.75) is 193 Å². The molecule has 4 N–H and O–H groups in total. The molecule has 0 aliphatic heterocycles. The van der Waals surface area contributed by atoms with Crippen molar-refractivity contribution in [2.24, 2.45) is 0 Å². The number of hydrogen-bond acceptors (Lipinski definition) is 8. The second-order valence-electron chi connectivity index (χ2n) is 15.9. The summed E-state index contributed by atoms with van der Waals surface area (Å²) in [5, 5.41) is 21.9. The van der Waals surface area contributed by atoms with Crippen molar-refractivity contribution in [1.82, 2.24) is 5.32 Å². The molecular weight excluding hydrogens is 830 g/mol. The van der Waals surface area contributed by atoms with Crippen molar-refractivity contribution in [2.75, 3.05) is 19.8 Å². The monoisotopic (exact) mass is 916 g/mol. The maximum absolute atomic E-state index is 12.4. The van der Waals surface area contributed by atoms with E-state index in [-0.39, 0.29) is 12.8 Å². The summed E-state index contributed by atoms with van der Waals surface area (Å²) >= 11 is 0. The van der Waals surface area contributed by atoms with Crippen LogP contribution in [-0.2, 0) is 32.7 Å². The summed E-state index contributed by atoms with van der Waals surface area (Å²) in [6, 6.07) is -1.56. The van der Waals surface area contributed by atoms with E-state index in [0.717, 1.165) is 89.9 Å². The molecule has 0 spiro atoms. The lowest BCUT2D eigenvalue weighted by molar-refractivity contribution is -0.147. The zero-order valence-electron chi connectivity index (χ0n) is 39.5. The number of ether oxygens (including phenoxy) is 1. The lowest BCUT2D eigenvalue weighted by Crippen LogP contribution is -2.43. The first-order valence-corrected chi connectivity index (χ1v) is 25.8. The van der Waals surface area contributed by atoms with Gasteiger partial charge in [-0.2, -0.15) is 0 Å². The van der Waals surface area contributed by atoms with E-state index in [0.29, 0.717) is 12.8 Å². The van der Waals surface area contributed by atoms with Crippen LogP contribution in [0.25, 0.3) is 0 Å². The molecule has 11 nitrogen and oxygen atoms in total. The fourth-order valence-electron chi connectivity index (χ4n) is 6.11. The first-order chi connectivity index (χ1) is 31.1. The van der Waals surface area contributed by atoms with Crippen LogP contribution in [-0.4, -0.2) is 64.9 Å². The highest BCUT2D eigenvalue weighted by Crippen LogP contribution is 2.43. The van der Waals surface area contributed by atoms with Crippen LogP contribution in [0.5, 0.6) is 0 Å². The number of phosphoric ester groups is 1. The number of esters is 1. The van der Waals surface area contributed by atoms with E-state index in [9.17, 15) is 34.1 Å². The Morgan fingerprint density at radius 2 is 0.906 bits per heavy atom. The highest BCUT2D eigenvalue weighted by molar-refractivity contribution is 7.47. The van der Waals surface area contributed by atoms with Gasteiger partial charge in [0.2, 0.25) is 5.91 Å². The minimum atomic E-state index is -4.78. The summed E-state index contributed by atoms with van der Waals surface area (Å²) in [6.07, 6.45) is 58.5. The maximum atomic E-state index is 12.4. The van der Waals surface area contributed by atoms with Crippen LogP contribution in [0.15, 0.2) is 97.2 Å². The van der Waals surface area contributed by atoms with Gasteiger partial charge in [-0.05, 0) is 96.3 Å². The molecule has 12 heteroatoms. The van der Waals surface area contributed by atoms with Gasteiger partial charge in [0.1, 0.15) is 12.7 Å². The average Bonchev–Trinajstić information content (AvgIpc) is 3.27. The Morgan fingerprint density at radius 3 is 1.38 bits per heavy atom. The number of unbranched alkanes of at least 4 members (excludes halogenated alkanes) is 14. The number of aliphatic carboxylic acids is 1. The number of carbonyl (C=O) groups excluding carboxylic acids is 2. The molecule has 0 aliphatic carbocycles. The number of phosphoric acid groups is 1. The molecule has 0 aliphatic rings. The van der Waals surface area contributed by atoms with Gasteiger partial charge in [0.25, 0.3) is 0 Å². The average molecular weight is 916 g/mol. The normalized spacial score (nSPS) is 14.4. The standard InChI is InChI=1S/C52H86NO10P/c1-3-5-7-9-11-13-15-17-19-21-23-24-26-28-30-32-34-36-38-40-42-44-51(56)61-45-48(54)46-62-64(59,60)63-47-49(52(57)58)53-50(55)43-41-39-37-35-33-31-29-27-25-22-20-18-16-14-12-10-8-6-4-2/h5,7,11-14,17-20,23-24,28,30,34,36,48-49,54H,3-4,6,8-10,15-16,21-22,25-27,29,31-33,35,37-47H2,1-2H3,(H,53,55)(H,57,58)(H,59,60)/b7-5-,13-11-,14-12-,19-17-,20-18-,24-23-,30-28-,36-34-. The van der Waals surface area contributed by atoms with E-state index >= 15 is 0 Å². The second-order valence-corrected chi connectivity index (χ2v) is 17.4. The highest BCUT2D eigenvalue weighted by Gasteiger charge is 2.28. The lowest BCUT2D eigenvalue weighted by Gasteiger charge is -2.18. The van der Waals surface area contributed by atoms with Gasteiger partial charge in [0.15, 0.2) is 6.04 Å². The van der Waals surface area contributed by atoms with Crippen LogP contribution in [0.2, 0.25) is 0 Å². The third-order valence-electron chi connectivity index (χ3n) is 9.86. The van der Waals surface area contributed by atoms with Crippen LogP contribution < -0.4 is 5.32 Å². The van der Waals surface area contributed by atoms with Crippen molar-refractivity contribution < 1.29 is 47.8 Å². The van der Waals surface area contributed by atoms with Gasteiger partial charge in [-0.3, -0.25) is 18.6 Å². The number of aliphatic hydroxyl groups is 1. The topological polar surface area (TPSA) is 169 Å². The molecule has 0 radical (unpaired) electrons. The van der Waals surface area contributed by atoms with Crippen LogP contribution in [0.4, 0.5) is 0 Å². The molecule has 0 bridgehead atoms. The summed E-state index contributed by atoms with van der Waals surface area (Å²) in [5.74, 6) is -2.44. The summed E-state index contributed by atoms with van der Waals surface area (Å²) < 4.78 is 26.9. The Morgan fingerprint density at radius 1 is 0.516 bits per heavy atom. The zero-order valence-corrected chi connectivity index (χ0v) is 40.4. The Hall–Kier alpha value is -3.60. The van der Waals surface area contributed by atoms with Crippen LogP contribution >= 0.6 is 7.82 Å². The molecule has 0 fully saturated rings. The first-order valence-electron chi connectivity index (χ1n) is 24.3. The summed E-state index contributed by atoms with van der Waals surface area (Å²) in [7, 11) is -4.78. The Kier molecular flexibility index (Phi) is 43.4. The third-order valence-corrected chi connectivity index (χ3v) is 10.8. The van der Waals surface area contributed by atoms with E-state index in [1.807, 2.05) is 0 Å². The third kappa shape index (κ3) is 45.0. The van der Waals surface area contributed by atoms with E-state index in [1.54, 1.807) is 0 Å². The largest absolute Gasteiger partial charge is 0.480 e. The first kappa shape index (κ1) is 60.4. The van der Waals surface area contributed by atoms with E-state index in [1.165, 1.54) is 51.4 Å². The number of amides is 1. The SMILES string of the molecule is CC/C=C\C/C=C\C/C=C\C/C=C\C/C=C\C/C=C\CCCCC(=O)OCC(O)COP(=O)(O)OCC(NC(=O)CCCCCCCCCCC/C=C\C/C=C\CCCCC)C(=O)O. The second kappa shape index (κ2) is 45.9. The fraction of sp³-hybridized carbons (Fsp3) is 0.635. The minimum Gasteiger partial charge on any atom is -0.480 e. The van der Waals surface area contributed by atoms with Gasteiger partial charge >= 0.3 is 19.8 Å². The number of nitrogens with one attached hydrogen (secondary N) is 1. The number of aliphatic hydroxyl groups excluding tert-OH is 1. The molecule has 0 aromatic carbocycles. The minimum absolute atomic E-state index is 0.133. The Balaban J connectivity index is 3.95. The molecule has 364 valence electrons. The van der Waals surface area contributed by atoms with Crippen molar-refractivity contribution in [3.05, 3.63) is 97.2 Å². The summed E-state index contributed by atoms with van der Waals surface area (Å²) in [5.41, 5.74) is 0. The highest BCUT2D eigenvalue weighted by atomic mass is 31.2. The van der Waals surface area contributed by atoms with Crippen molar-refractivity contribution in [3.8, 4) is 0 Å². The van der Waals surface area contributed by atoms with E-state index < -0.39 is 57.6 Å². The molecule has 64 heavy (non-hydrogen) atoms. The molecule has 1 amide bonds. The molecule has 3 atom stereocenters. The number of hydrogen-bond donors (Lipinski definition) is 4. The van der Waals surface area contributed by atoms with Crippen molar-refractivity contribution in [1.29, 1.82) is 0 Å². The summed E-state index contributed by atoms with van der Waals surface area (Å²) in [6.45, 7) is 2.41. The van der Waals surface area contributed by atoms with Gasteiger partial charge in [-0.15, -0.1) is 0 Å². The molecule has 0 heterocycles. The van der Waals surface area contributed by atoms with Crippen molar-refractivity contribution in [3.63, 3.8) is 0 Å². The van der Waals surface area contributed by atoms with Gasteiger partial charge in [-0.1, -0.05) is 169 Å². The predicted molar refractivity (Wildman–Crippen MR) is 263 cm³/mol. The molecule has 0 rings (SSSR count). The van der Waals surface area contributed by atoms with E-state index in [4.69, 9.17) is 13.8 Å². The van der Waals surface area contributed by atoms with Gasteiger partial charge in [0.05, 0.1) is 13.2 Å². The maximum Gasteiger partial charge on any atom is 0.472 e. The van der Waals surface area contributed by atoms with Crippen LogP contribution in [0.1, 0.15) is 181 Å². The van der Waals surface area contributed by atoms with Crippen LogP contribution in [0, 0.1) is 0 Å². The Bertz CT molecular complexity index is 1450. The molecule has 0 aromatic heterocycles. The van der Waals surface area contributed by atoms with Gasteiger partial charge < -0.3 is 25.2 Å². The summed E-state index contributed by atoms with van der Waals surface area (Å²) in [4.78, 5) is 46.1. The van der Waals surface area contributed by atoms with Gasteiger partial charge in [-0.25, -0.2) is 9.36 Å². The number of carboxylic acid groups (broad SMARTS) is 1. The number of carboxylic acids is 1. The van der Waals surface area contributed by atoms with Crippen LogP contribution in [0.3, 0.4) is 0 Å². The molecule has 3 unspecified atom stereocenters. The quantitative estimate of drug-likeness (QED) is 0.0200. The van der Waals surface area contributed by atoms with Gasteiger partial charge in [0, 0.05) is 12.8 Å². The Labute approximate surface area is 387 Å². The molecular formula is C52H86NO10P. The van der Waals surface area contributed by atoms with Crippen molar-refractivity contribution >= 4 is 25.7 Å². The number of carbonyl (C=O) groups is 3. The smallest absolute Gasteiger partial charge is 0.472 e.